The largest absolute Gasteiger partial charge is 0.495 e. The van der Waals surface area contributed by atoms with Gasteiger partial charge in [-0.2, -0.15) is 0 Å². The quantitative estimate of drug-likeness (QED) is 0.140. The van der Waals surface area contributed by atoms with Crippen LogP contribution in [0.5, 0.6) is 17.2 Å². The van der Waals surface area contributed by atoms with E-state index >= 15 is 0 Å². The van der Waals surface area contributed by atoms with Crippen LogP contribution in [0.4, 0.5) is 16.2 Å². The number of anilines is 2. The summed E-state index contributed by atoms with van der Waals surface area (Å²) in [7, 11) is 5.26. The molecule has 0 aromatic heterocycles. The summed E-state index contributed by atoms with van der Waals surface area (Å²) in [6.45, 7) is 12.0. The molecule has 0 bridgehead atoms. The van der Waals surface area contributed by atoms with Gasteiger partial charge < -0.3 is 44.3 Å². The van der Waals surface area contributed by atoms with Crippen molar-refractivity contribution in [3.05, 3.63) is 77.4 Å². The molecule has 0 radical (unpaired) electrons. The molecule has 1 heterocycles. The molecule has 1 aliphatic rings. The third-order valence-corrected chi connectivity index (χ3v) is 9.22. The Labute approximate surface area is 331 Å². The summed E-state index contributed by atoms with van der Waals surface area (Å²) in [6.07, 6.45) is 4.02. The summed E-state index contributed by atoms with van der Waals surface area (Å²) in [5.41, 5.74) is 2.10. The van der Waals surface area contributed by atoms with E-state index in [9.17, 15) is 19.2 Å². The molecule has 1 saturated heterocycles. The lowest BCUT2D eigenvalue weighted by molar-refractivity contribution is -0.131. The van der Waals surface area contributed by atoms with Gasteiger partial charge in [-0.1, -0.05) is 18.2 Å². The Balaban J connectivity index is 1.31. The van der Waals surface area contributed by atoms with Crippen molar-refractivity contribution in [1.29, 1.82) is 0 Å². The van der Waals surface area contributed by atoms with Crippen molar-refractivity contribution < 1.29 is 38.1 Å². The summed E-state index contributed by atoms with van der Waals surface area (Å²) >= 11 is 0. The van der Waals surface area contributed by atoms with Crippen molar-refractivity contribution in [3.8, 4) is 17.2 Å². The number of amides is 4. The minimum absolute atomic E-state index is 0.226. The molecule has 4 amide bonds. The topological polar surface area (TPSA) is 139 Å². The fourth-order valence-electron chi connectivity index (χ4n) is 6.16. The normalized spacial score (nSPS) is 13.3. The number of likely N-dealkylation sites (N-methyl/N-ethyl adjacent to an activating group) is 1. The Kier molecular flexibility index (Phi) is 16.4. The highest BCUT2D eigenvalue weighted by molar-refractivity contribution is 6.09. The number of ether oxygens (including phenoxy) is 4. The zero-order chi connectivity index (χ0) is 40.7. The van der Waals surface area contributed by atoms with Crippen molar-refractivity contribution in [2.45, 2.75) is 71.8 Å². The monoisotopic (exact) mass is 773 g/mol. The Bertz CT molecular complexity index is 1790. The standard InChI is InChI=1S/C43H59N5O8/c1-31-18-21-35(38(29-31)55-27-12-8-9-17-39(49)48-24-14-23-46(5)25-26-48)47(6)41(51)32-19-20-34(37(30-32)53-7)45-40(50)33-15-10-11-16-36(33)54-28-13-22-44-42(52)56-43(2,3)4/h10-11,15-16,18-21,29-30H,8-9,12-14,17,22-28H2,1-7H3,(H,44,52)(H,45,50). The molecule has 0 spiro atoms. The summed E-state index contributed by atoms with van der Waals surface area (Å²) < 4.78 is 22.9. The van der Waals surface area contributed by atoms with Gasteiger partial charge in [0.15, 0.2) is 0 Å². The van der Waals surface area contributed by atoms with Crippen molar-refractivity contribution in [3.63, 3.8) is 0 Å². The van der Waals surface area contributed by atoms with Gasteiger partial charge >= 0.3 is 6.09 Å². The first-order chi connectivity index (χ1) is 26.8. The smallest absolute Gasteiger partial charge is 0.407 e. The van der Waals surface area contributed by atoms with E-state index in [2.05, 4.69) is 22.6 Å². The van der Waals surface area contributed by atoms with Crippen molar-refractivity contribution in [2.75, 3.05) is 77.4 Å². The van der Waals surface area contributed by atoms with Crippen molar-refractivity contribution in [2.24, 2.45) is 0 Å². The molecule has 3 aromatic carbocycles. The molecule has 0 aliphatic carbocycles. The van der Waals surface area contributed by atoms with Crippen LogP contribution in [-0.4, -0.2) is 106 Å². The number of para-hydroxylation sites is 1. The molecule has 1 aliphatic heterocycles. The lowest BCUT2D eigenvalue weighted by Gasteiger charge is -2.22. The maximum atomic E-state index is 13.8. The number of carbonyl (C=O) groups excluding carboxylic acids is 4. The second-order valence-corrected chi connectivity index (χ2v) is 15.0. The van der Waals surface area contributed by atoms with Gasteiger partial charge in [-0.05, 0) is 121 Å². The second-order valence-electron chi connectivity index (χ2n) is 15.0. The molecule has 304 valence electrons. The first-order valence-corrected chi connectivity index (χ1v) is 19.4. The predicted octanol–water partition coefficient (Wildman–Crippen LogP) is 6.93. The number of nitrogens with one attached hydrogen (secondary N) is 2. The molecule has 0 unspecified atom stereocenters. The highest BCUT2D eigenvalue weighted by Crippen LogP contribution is 2.32. The van der Waals surface area contributed by atoms with E-state index < -0.39 is 17.6 Å². The van der Waals surface area contributed by atoms with Crippen LogP contribution in [0, 0.1) is 6.92 Å². The van der Waals surface area contributed by atoms with E-state index in [-0.39, 0.29) is 18.4 Å². The number of hydrogen-bond donors (Lipinski definition) is 2. The Morgan fingerprint density at radius 3 is 2.34 bits per heavy atom. The number of aryl methyl sites for hydroxylation is 1. The predicted molar refractivity (Wildman–Crippen MR) is 218 cm³/mol. The van der Waals surface area contributed by atoms with E-state index in [1.807, 2.05) is 30.0 Å². The lowest BCUT2D eigenvalue weighted by atomic mass is 10.1. The highest BCUT2D eigenvalue weighted by atomic mass is 16.6. The zero-order valence-corrected chi connectivity index (χ0v) is 34.1. The SMILES string of the molecule is COc1cc(C(=O)N(C)c2ccc(C)cc2OCCCCCC(=O)N2CCCN(C)CC2)ccc1NC(=O)c1ccccc1OCCCNC(=O)OC(C)(C)C. The molecule has 0 saturated carbocycles. The van der Waals surface area contributed by atoms with Crippen LogP contribution in [0.15, 0.2) is 60.7 Å². The number of nitrogens with zero attached hydrogens (tertiary/aromatic N) is 3. The fourth-order valence-corrected chi connectivity index (χ4v) is 6.16. The molecule has 13 heteroatoms. The molecule has 0 atom stereocenters. The van der Waals surface area contributed by atoms with Gasteiger partial charge in [0.2, 0.25) is 5.91 Å². The second kappa shape index (κ2) is 21.1. The average Bonchev–Trinajstić information content (AvgIpc) is 3.39. The number of carbonyl (C=O) groups is 4. The van der Waals surface area contributed by atoms with Gasteiger partial charge in [0.25, 0.3) is 11.8 Å². The number of hydrogen-bond acceptors (Lipinski definition) is 9. The summed E-state index contributed by atoms with van der Waals surface area (Å²) in [5.74, 6) is 0.822. The number of methoxy groups -OCH3 is 1. The third-order valence-electron chi connectivity index (χ3n) is 9.22. The Hall–Kier alpha value is -5.30. The van der Waals surface area contributed by atoms with Crippen LogP contribution in [0.2, 0.25) is 0 Å². The van der Waals surface area contributed by atoms with Crippen LogP contribution in [0.3, 0.4) is 0 Å². The van der Waals surface area contributed by atoms with E-state index in [0.29, 0.717) is 65.7 Å². The van der Waals surface area contributed by atoms with Crippen molar-refractivity contribution in [1.82, 2.24) is 15.1 Å². The van der Waals surface area contributed by atoms with Crippen LogP contribution in [-0.2, 0) is 9.53 Å². The lowest BCUT2D eigenvalue weighted by Crippen LogP contribution is -2.34. The van der Waals surface area contributed by atoms with Crippen LogP contribution in [0.25, 0.3) is 0 Å². The van der Waals surface area contributed by atoms with Gasteiger partial charge in [0, 0.05) is 45.2 Å². The minimum Gasteiger partial charge on any atom is -0.495 e. The van der Waals surface area contributed by atoms with E-state index in [0.717, 1.165) is 57.4 Å². The van der Waals surface area contributed by atoms with Gasteiger partial charge in [0.05, 0.1) is 37.3 Å². The first-order valence-electron chi connectivity index (χ1n) is 19.4. The number of benzene rings is 3. The zero-order valence-electron chi connectivity index (χ0n) is 34.1. The highest BCUT2D eigenvalue weighted by Gasteiger charge is 2.22. The molecule has 13 nitrogen and oxygen atoms in total. The van der Waals surface area contributed by atoms with Crippen LogP contribution >= 0.6 is 0 Å². The summed E-state index contributed by atoms with van der Waals surface area (Å²) in [4.78, 5) is 57.6. The van der Waals surface area contributed by atoms with Gasteiger partial charge in [0.1, 0.15) is 22.8 Å². The molecule has 1 fully saturated rings. The van der Waals surface area contributed by atoms with E-state index in [1.165, 1.54) is 12.0 Å². The number of rotatable bonds is 17. The van der Waals surface area contributed by atoms with Gasteiger partial charge in [-0.3, -0.25) is 14.4 Å². The Morgan fingerprint density at radius 1 is 0.821 bits per heavy atom. The molecular weight excluding hydrogens is 714 g/mol. The minimum atomic E-state index is -0.585. The maximum Gasteiger partial charge on any atom is 0.407 e. The molecule has 4 rings (SSSR count). The number of alkyl carbamates (subject to hydrolysis) is 1. The van der Waals surface area contributed by atoms with Crippen molar-refractivity contribution >= 4 is 35.2 Å². The molecular formula is C43H59N5O8. The van der Waals surface area contributed by atoms with Gasteiger partial charge in [-0.25, -0.2) is 4.79 Å². The Morgan fingerprint density at radius 2 is 1.57 bits per heavy atom. The first kappa shape index (κ1) is 43.4. The summed E-state index contributed by atoms with van der Waals surface area (Å²) in [5, 5.41) is 5.57. The average molecular weight is 774 g/mol. The van der Waals surface area contributed by atoms with Crippen LogP contribution in [0.1, 0.15) is 85.6 Å². The molecule has 2 N–H and O–H groups in total. The molecule has 56 heavy (non-hydrogen) atoms. The third kappa shape index (κ3) is 13.5. The number of unbranched alkanes of at least 4 members (excludes halogenated alkanes) is 2. The summed E-state index contributed by atoms with van der Waals surface area (Å²) in [6, 6.07) is 17.4. The molecule has 3 aromatic rings. The van der Waals surface area contributed by atoms with Crippen LogP contribution < -0.4 is 29.7 Å². The van der Waals surface area contributed by atoms with E-state index in [1.54, 1.807) is 70.3 Å². The van der Waals surface area contributed by atoms with E-state index in [4.69, 9.17) is 18.9 Å². The van der Waals surface area contributed by atoms with Gasteiger partial charge in [-0.15, -0.1) is 0 Å². The maximum absolute atomic E-state index is 13.8. The fraction of sp³-hybridized carbons (Fsp3) is 0.488.